The van der Waals surface area contributed by atoms with Gasteiger partial charge in [-0.2, -0.15) is 0 Å². The van der Waals surface area contributed by atoms with Gasteiger partial charge in [-0.3, -0.25) is 0 Å². The van der Waals surface area contributed by atoms with Crippen molar-refractivity contribution in [3.05, 3.63) is 89.2 Å². The molecule has 1 heterocycles. The van der Waals surface area contributed by atoms with E-state index in [2.05, 4.69) is 5.32 Å². The predicted octanol–water partition coefficient (Wildman–Crippen LogP) is 6.30. The van der Waals surface area contributed by atoms with Crippen molar-refractivity contribution in [2.24, 2.45) is 5.92 Å². The van der Waals surface area contributed by atoms with Crippen LogP contribution >= 0.6 is 0 Å². The van der Waals surface area contributed by atoms with Gasteiger partial charge >= 0.3 is 0 Å². The van der Waals surface area contributed by atoms with E-state index in [4.69, 9.17) is 14.2 Å². The normalized spacial score (nSPS) is 18.1. The molecule has 0 aromatic heterocycles. The van der Waals surface area contributed by atoms with Crippen molar-refractivity contribution < 1.29 is 23.7 Å². The van der Waals surface area contributed by atoms with Gasteiger partial charge in [0, 0.05) is 31.7 Å². The number of methoxy groups -OCH3 is 1. The number of ether oxygens (including phenoxy) is 3. The second-order valence-electron chi connectivity index (χ2n) is 9.95. The number of nitrogens with one attached hydrogen (secondary N) is 1. The molecule has 1 fully saturated rings. The lowest BCUT2D eigenvalue weighted by molar-refractivity contribution is -0.120. The standard InChI is InChI=1S/C31H38FNO4/c1-22-11-15-25(16-12-22)36-29(10-6-20-35-3)31(34,24-7-5-19-33-21-24)27-8-4-9-28(32)30(27)37-26-17-13-23(2)14-18-26/h4,8-9,11-18,24,29,33-34H,5-7,10,19-21H2,1-3H3/t24?,29?,31-/m0/s1. The summed E-state index contributed by atoms with van der Waals surface area (Å²) in [5, 5.41) is 16.2. The Labute approximate surface area is 219 Å². The maximum Gasteiger partial charge on any atom is 0.169 e. The number of para-hydroxylation sites is 1. The summed E-state index contributed by atoms with van der Waals surface area (Å²) in [4.78, 5) is 0. The Morgan fingerprint density at radius 3 is 2.30 bits per heavy atom. The lowest BCUT2D eigenvalue weighted by Gasteiger charge is -2.44. The van der Waals surface area contributed by atoms with E-state index < -0.39 is 17.5 Å². The Morgan fingerprint density at radius 1 is 1.00 bits per heavy atom. The number of benzene rings is 3. The second kappa shape index (κ2) is 12.5. The highest BCUT2D eigenvalue weighted by atomic mass is 19.1. The van der Waals surface area contributed by atoms with Crippen LogP contribution in [0.1, 0.15) is 42.4 Å². The monoisotopic (exact) mass is 507 g/mol. The summed E-state index contributed by atoms with van der Waals surface area (Å²) in [5.41, 5.74) is 1.08. The molecule has 0 saturated carbocycles. The fraction of sp³-hybridized carbons (Fsp3) is 0.419. The Hall–Kier alpha value is -2.93. The minimum Gasteiger partial charge on any atom is -0.487 e. The average molecular weight is 508 g/mol. The van der Waals surface area contributed by atoms with Crippen molar-refractivity contribution in [3.63, 3.8) is 0 Å². The van der Waals surface area contributed by atoms with Crippen LogP contribution in [0.15, 0.2) is 66.7 Å². The molecule has 0 bridgehead atoms. The summed E-state index contributed by atoms with van der Waals surface area (Å²) >= 11 is 0. The Kier molecular flexibility index (Phi) is 9.19. The molecule has 4 rings (SSSR count). The summed E-state index contributed by atoms with van der Waals surface area (Å²) in [7, 11) is 1.66. The van der Waals surface area contributed by atoms with Gasteiger partial charge in [0.25, 0.3) is 0 Å². The molecule has 5 nitrogen and oxygen atoms in total. The third kappa shape index (κ3) is 6.50. The molecular weight excluding hydrogens is 469 g/mol. The molecule has 2 N–H and O–H groups in total. The molecule has 0 aliphatic carbocycles. The van der Waals surface area contributed by atoms with Gasteiger partial charge in [0.15, 0.2) is 11.6 Å². The van der Waals surface area contributed by atoms with Gasteiger partial charge in [0.2, 0.25) is 0 Å². The van der Waals surface area contributed by atoms with E-state index in [1.165, 1.54) is 6.07 Å². The molecule has 0 amide bonds. The maximum atomic E-state index is 15.4. The first-order valence-electron chi connectivity index (χ1n) is 13.1. The number of piperidine rings is 1. The molecule has 1 saturated heterocycles. The van der Waals surface area contributed by atoms with Crippen molar-refractivity contribution >= 4 is 0 Å². The first-order chi connectivity index (χ1) is 17.9. The SMILES string of the molecule is COCCCC(Oc1ccc(C)cc1)[C@@](O)(c1cccc(F)c1Oc1ccc(C)cc1)C1CCCNC1. The predicted molar refractivity (Wildman–Crippen MR) is 144 cm³/mol. The van der Waals surface area contributed by atoms with E-state index in [0.717, 1.165) is 30.5 Å². The zero-order chi connectivity index (χ0) is 26.3. The number of halogens is 1. The number of aliphatic hydroxyl groups is 1. The quantitative estimate of drug-likeness (QED) is 0.299. The van der Waals surface area contributed by atoms with Crippen molar-refractivity contribution in [3.8, 4) is 17.2 Å². The summed E-state index contributed by atoms with van der Waals surface area (Å²) in [6.07, 6.45) is 2.24. The van der Waals surface area contributed by atoms with Gasteiger partial charge < -0.3 is 24.6 Å². The van der Waals surface area contributed by atoms with Crippen molar-refractivity contribution in [1.82, 2.24) is 5.32 Å². The molecule has 2 unspecified atom stereocenters. The van der Waals surface area contributed by atoms with E-state index in [0.29, 0.717) is 43.1 Å². The highest BCUT2D eigenvalue weighted by molar-refractivity contribution is 5.44. The minimum absolute atomic E-state index is 0.0312. The number of rotatable bonds is 11. The van der Waals surface area contributed by atoms with Gasteiger partial charge in [0.1, 0.15) is 23.2 Å². The van der Waals surface area contributed by atoms with E-state index in [1.807, 2.05) is 62.4 Å². The molecule has 198 valence electrons. The van der Waals surface area contributed by atoms with E-state index in [1.54, 1.807) is 19.2 Å². The van der Waals surface area contributed by atoms with Gasteiger partial charge in [-0.1, -0.05) is 47.5 Å². The molecule has 0 spiro atoms. The molecule has 3 aromatic carbocycles. The molecule has 6 heteroatoms. The lowest BCUT2D eigenvalue weighted by atomic mass is 9.72. The molecule has 3 aromatic rings. The van der Waals surface area contributed by atoms with Crippen LogP contribution in [0.3, 0.4) is 0 Å². The van der Waals surface area contributed by atoms with Gasteiger partial charge in [-0.15, -0.1) is 0 Å². The minimum atomic E-state index is -1.52. The van der Waals surface area contributed by atoms with Crippen LogP contribution in [0.25, 0.3) is 0 Å². The molecule has 3 atom stereocenters. The smallest absolute Gasteiger partial charge is 0.169 e. The van der Waals surface area contributed by atoms with Crippen LogP contribution in [-0.4, -0.2) is 38.0 Å². The Balaban J connectivity index is 1.81. The largest absolute Gasteiger partial charge is 0.487 e. The highest BCUT2D eigenvalue weighted by Crippen LogP contribution is 2.46. The lowest BCUT2D eigenvalue weighted by Crippen LogP contribution is -2.53. The molecule has 0 radical (unpaired) electrons. The highest BCUT2D eigenvalue weighted by Gasteiger charge is 2.49. The summed E-state index contributed by atoms with van der Waals surface area (Å²) < 4.78 is 33.4. The third-order valence-electron chi connectivity index (χ3n) is 7.16. The van der Waals surface area contributed by atoms with E-state index in [-0.39, 0.29) is 11.7 Å². The third-order valence-corrected chi connectivity index (χ3v) is 7.16. The van der Waals surface area contributed by atoms with Crippen LogP contribution in [0, 0.1) is 25.6 Å². The fourth-order valence-corrected chi connectivity index (χ4v) is 5.10. The average Bonchev–Trinajstić information content (AvgIpc) is 2.92. The van der Waals surface area contributed by atoms with E-state index >= 15 is 4.39 Å². The van der Waals surface area contributed by atoms with Crippen LogP contribution in [-0.2, 0) is 10.3 Å². The maximum absolute atomic E-state index is 15.4. The van der Waals surface area contributed by atoms with Crippen molar-refractivity contribution in [2.75, 3.05) is 26.8 Å². The molecule has 37 heavy (non-hydrogen) atoms. The molecular formula is C31H38FNO4. The number of hydrogen-bond donors (Lipinski definition) is 2. The van der Waals surface area contributed by atoms with E-state index in [9.17, 15) is 5.11 Å². The van der Waals surface area contributed by atoms with Gasteiger partial charge in [-0.05, 0) is 76.4 Å². The van der Waals surface area contributed by atoms with Crippen LogP contribution in [0.4, 0.5) is 4.39 Å². The Bertz CT molecular complexity index is 1130. The molecule has 1 aliphatic heterocycles. The Morgan fingerprint density at radius 2 is 1.68 bits per heavy atom. The zero-order valence-corrected chi connectivity index (χ0v) is 22.0. The summed E-state index contributed by atoms with van der Waals surface area (Å²) in [5.74, 6) is 0.473. The number of hydrogen-bond acceptors (Lipinski definition) is 5. The fourth-order valence-electron chi connectivity index (χ4n) is 5.10. The second-order valence-corrected chi connectivity index (χ2v) is 9.95. The summed E-state index contributed by atoms with van der Waals surface area (Å²) in [6.45, 7) is 6.01. The van der Waals surface area contributed by atoms with Gasteiger partial charge in [0.05, 0.1) is 0 Å². The topological polar surface area (TPSA) is 60.0 Å². The zero-order valence-electron chi connectivity index (χ0n) is 22.0. The van der Waals surface area contributed by atoms with Crippen LogP contribution < -0.4 is 14.8 Å². The first kappa shape index (κ1) is 27.1. The van der Waals surface area contributed by atoms with Crippen LogP contribution in [0.5, 0.6) is 17.2 Å². The van der Waals surface area contributed by atoms with Crippen LogP contribution in [0.2, 0.25) is 0 Å². The van der Waals surface area contributed by atoms with Crippen molar-refractivity contribution in [1.29, 1.82) is 0 Å². The number of aryl methyl sites for hydroxylation is 2. The first-order valence-corrected chi connectivity index (χ1v) is 13.1. The van der Waals surface area contributed by atoms with Crippen molar-refractivity contribution in [2.45, 2.75) is 51.2 Å². The summed E-state index contributed by atoms with van der Waals surface area (Å²) in [6, 6.07) is 20.0. The molecule has 1 aliphatic rings. The van der Waals surface area contributed by atoms with Gasteiger partial charge in [-0.25, -0.2) is 4.39 Å².